The number of rotatable bonds is 8. The number of carbonyl (C=O) groups excluding carboxylic acids is 2. The molecule has 0 bridgehead atoms. The molecule has 58 heavy (non-hydrogen) atoms. The summed E-state index contributed by atoms with van der Waals surface area (Å²) in [5, 5.41) is 20.7. The van der Waals surface area contributed by atoms with Crippen LogP contribution in [0, 0.1) is 36.7 Å². The van der Waals surface area contributed by atoms with Gasteiger partial charge in [-0.25, -0.2) is 17.6 Å². The number of benzene rings is 2. The Hall–Kier alpha value is -4.36. The number of halogens is 7. The van der Waals surface area contributed by atoms with Gasteiger partial charge in [0.1, 0.15) is 17.3 Å². The maximum absolute atomic E-state index is 15.1. The first-order valence-electron chi connectivity index (χ1n) is 19.5. The van der Waals surface area contributed by atoms with Gasteiger partial charge < -0.3 is 26.0 Å². The summed E-state index contributed by atoms with van der Waals surface area (Å²) in [4.78, 5) is 35.8. The third kappa shape index (κ3) is 13.6. The second-order valence-electron chi connectivity index (χ2n) is 13.7. The molecule has 2 aliphatic rings. The number of piperidine rings is 2. The average molecular weight is 870 g/mol. The molecule has 10 nitrogen and oxygen atoms in total. The highest BCUT2D eigenvalue weighted by atomic mass is 35.5. The van der Waals surface area contributed by atoms with Gasteiger partial charge >= 0.3 is 0 Å². The van der Waals surface area contributed by atoms with Crippen LogP contribution < -0.4 is 11.1 Å². The monoisotopic (exact) mass is 868 g/mol. The highest BCUT2D eigenvalue weighted by molar-refractivity contribution is 6.31. The lowest BCUT2D eigenvalue weighted by Crippen LogP contribution is -2.49. The number of nitriles is 1. The van der Waals surface area contributed by atoms with Crippen LogP contribution in [0.3, 0.4) is 0 Å². The largest absolute Gasteiger partial charge is 0.375 e. The predicted octanol–water partition coefficient (Wildman–Crippen LogP) is 7.50. The maximum atomic E-state index is 15.1. The lowest BCUT2D eigenvalue weighted by atomic mass is 9.88. The van der Waals surface area contributed by atoms with Crippen molar-refractivity contribution in [1.29, 1.82) is 5.26 Å². The van der Waals surface area contributed by atoms with Crippen LogP contribution in [0.1, 0.15) is 73.0 Å². The van der Waals surface area contributed by atoms with Gasteiger partial charge in [0.25, 0.3) is 11.8 Å². The minimum atomic E-state index is -2.20. The number of nitrogens with zero attached hydrogens (tertiary/aromatic N) is 5. The zero-order valence-corrected chi connectivity index (χ0v) is 33.9. The predicted molar refractivity (Wildman–Crippen MR) is 217 cm³/mol. The van der Waals surface area contributed by atoms with Gasteiger partial charge in [-0.1, -0.05) is 35.3 Å². The number of pyridine rings is 2. The number of likely N-dealkylation sites (tertiary alicyclic amines) is 2. The van der Waals surface area contributed by atoms with Crippen molar-refractivity contribution in [3.63, 3.8) is 0 Å². The average Bonchev–Trinajstić information content (AvgIpc) is 3.23. The minimum Gasteiger partial charge on any atom is -0.375 e. The quantitative estimate of drug-likeness (QED) is 0.122. The number of nitrogens with two attached hydrogens (primary N) is 1. The summed E-state index contributed by atoms with van der Waals surface area (Å²) in [5.74, 6) is -1.90. The highest BCUT2D eigenvalue weighted by Gasteiger charge is 2.42. The van der Waals surface area contributed by atoms with Crippen LogP contribution in [0.15, 0.2) is 73.1 Å². The van der Waals surface area contributed by atoms with E-state index in [-0.39, 0.29) is 109 Å². The van der Waals surface area contributed by atoms with Gasteiger partial charge in [-0.15, -0.1) is 12.4 Å². The number of aromatic nitrogens is 2. The Balaban J connectivity index is 0.000000276. The molecule has 2 amide bonds. The summed E-state index contributed by atoms with van der Waals surface area (Å²) in [7, 11) is 0. The number of aliphatic hydroxyl groups is 1. The lowest BCUT2D eigenvalue weighted by Gasteiger charge is -2.37. The molecule has 4 N–H and O–H groups in total. The van der Waals surface area contributed by atoms with Crippen LogP contribution in [-0.4, -0.2) is 86.9 Å². The van der Waals surface area contributed by atoms with E-state index in [1.54, 1.807) is 6.07 Å². The fraction of sp³-hybridized carbons (Fsp3) is 0.390. The molecule has 1 atom stereocenters. The molecule has 2 fully saturated rings. The Bertz CT molecular complexity index is 2120. The van der Waals surface area contributed by atoms with Crippen molar-refractivity contribution in [2.45, 2.75) is 70.0 Å². The molecule has 0 radical (unpaired) electrons. The van der Waals surface area contributed by atoms with Crippen molar-refractivity contribution in [2.75, 3.05) is 32.7 Å². The summed E-state index contributed by atoms with van der Waals surface area (Å²) in [6.07, 6.45) is 1.53. The van der Waals surface area contributed by atoms with Gasteiger partial charge in [-0.2, -0.15) is 5.26 Å². The number of nitrogens with one attached hydrogen (secondary N) is 1. The zero-order valence-electron chi connectivity index (χ0n) is 34.5. The van der Waals surface area contributed by atoms with E-state index >= 15 is 4.39 Å². The Kier molecular flexibility index (Phi) is 16.5. The lowest BCUT2D eigenvalue weighted by molar-refractivity contribution is -0.0201. The molecule has 0 saturated carbocycles. The molecule has 0 spiro atoms. The topological polar surface area (TPSA) is 148 Å². The van der Waals surface area contributed by atoms with Gasteiger partial charge in [0.15, 0.2) is 11.8 Å². The van der Waals surface area contributed by atoms with E-state index in [4.69, 9.17) is 38.3 Å². The van der Waals surface area contributed by atoms with Gasteiger partial charge in [-0.05, 0) is 73.4 Å². The van der Waals surface area contributed by atoms with Crippen molar-refractivity contribution < 1.29 is 36.4 Å². The molecular formula is C41H46Cl3F4N7O3. The van der Waals surface area contributed by atoms with Gasteiger partial charge in [0.2, 0.25) is 0 Å². The molecule has 2 aromatic heterocycles. The Morgan fingerprint density at radius 1 is 0.879 bits per heavy atom. The van der Waals surface area contributed by atoms with Crippen LogP contribution in [0.5, 0.6) is 0 Å². The molecule has 2 saturated heterocycles. The third-order valence-electron chi connectivity index (χ3n) is 9.53. The molecule has 0 aliphatic carbocycles. The van der Waals surface area contributed by atoms with E-state index in [9.17, 15) is 27.9 Å². The maximum Gasteiger partial charge on any atom is 0.253 e. The van der Waals surface area contributed by atoms with Gasteiger partial charge in [0, 0.05) is 99.1 Å². The zero-order chi connectivity index (χ0) is 44.3. The first-order valence-corrected chi connectivity index (χ1v) is 18.7. The first kappa shape index (κ1) is 43.2. The summed E-state index contributed by atoms with van der Waals surface area (Å²) in [5.41, 5.74) is 5.27. The molecular weight excluding hydrogens is 821 g/mol. The highest BCUT2D eigenvalue weighted by Crippen LogP contribution is 2.31. The fourth-order valence-corrected chi connectivity index (χ4v) is 6.31. The van der Waals surface area contributed by atoms with Crippen LogP contribution in [0.4, 0.5) is 17.6 Å². The van der Waals surface area contributed by atoms with Crippen LogP contribution in [0.2, 0.25) is 10.0 Å². The standard InChI is InChI=1S/C20H22ClF2N3O.C14H13ClF2N2O2.C7H10N2.ClH/c1-14-2-4-16(25-11-14)12-24-13-20(23)6-8-26(9-7-20)19(27)15-3-5-18(22)17(21)10-15;15-10-7-9(1-2-11(10)16)13(21)19-5-3-14(17,4-6-19)12(20)8-18;1-6-2-3-7(4-8)9-5-6;/h2-5,10-11,24H,6-9,12-13H2,1H3;1-2,7,12,20H,3-6H2;2-3,5H,4,8H2,1H3;1H/i1D3;;;. The molecule has 4 aromatic rings. The fourth-order valence-electron chi connectivity index (χ4n) is 5.94. The number of hydrogen-bond acceptors (Lipinski definition) is 8. The third-order valence-corrected chi connectivity index (χ3v) is 10.1. The first-order chi connectivity index (χ1) is 28.3. The summed E-state index contributed by atoms with van der Waals surface area (Å²) < 4.78 is 77.7. The summed E-state index contributed by atoms with van der Waals surface area (Å²) >= 11 is 11.4. The molecule has 6 rings (SSSR count). The number of alkyl halides is 2. The van der Waals surface area contributed by atoms with Crippen molar-refractivity contribution >= 4 is 47.4 Å². The molecule has 312 valence electrons. The summed E-state index contributed by atoms with van der Waals surface area (Å²) in [6, 6.07) is 15.9. The smallest absolute Gasteiger partial charge is 0.253 e. The SMILES string of the molecule is Cc1ccc(CN)nc1.Cl.N#CC(O)C1(F)CCN(C(=O)c2ccc(F)c(Cl)c2)CC1.[2H]C([2H])([2H])c1ccc(CNCC2(F)CCN(C(=O)c3ccc(F)c(Cl)c3)CC2)nc1. The number of aliphatic hydroxyl groups excluding tert-OH is 1. The molecule has 1 unspecified atom stereocenters. The van der Waals surface area contributed by atoms with E-state index in [1.165, 1.54) is 58.0 Å². The summed E-state index contributed by atoms with van der Waals surface area (Å²) in [6.45, 7) is 1.38. The minimum absolute atomic E-state index is 0. The second-order valence-corrected chi connectivity index (χ2v) is 14.5. The number of aryl methyl sites for hydroxylation is 2. The van der Waals surface area contributed by atoms with Gasteiger partial charge in [0.05, 0.1) is 27.5 Å². The molecule has 2 aromatic carbocycles. The Morgan fingerprint density at radius 3 is 1.79 bits per heavy atom. The van der Waals surface area contributed by atoms with Crippen LogP contribution in [0.25, 0.3) is 0 Å². The normalized spacial score (nSPS) is 16.9. The second kappa shape index (κ2) is 22.1. The van der Waals surface area contributed by atoms with Crippen molar-refractivity contribution in [2.24, 2.45) is 5.73 Å². The van der Waals surface area contributed by atoms with Crippen molar-refractivity contribution in [1.82, 2.24) is 25.1 Å². The van der Waals surface area contributed by atoms with E-state index in [2.05, 4.69) is 15.3 Å². The van der Waals surface area contributed by atoms with E-state index < -0.39 is 35.9 Å². The van der Waals surface area contributed by atoms with Crippen molar-refractivity contribution in [3.8, 4) is 6.07 Å². The van der Waals surface area contributed by atoms with Gasteiger partial charge in [-0.3, -0.25) is 19.6 Å². The molecule has 17 heteroatoms. The van der Waals surface area contributed by atoms with Crippen LogP contribution in [-0.2, 0) is 13.1 Å². The van der Waals surface area contributed by atoms with E-state index in [0.717, 1.165) is 17.8 Å². The number of amides is 2. The Morgan fingerprint density at radius 2 is 1.36 bits per heavy atom. The van der Waals surface area contributed by atoms with Crippen molar-refractivity contribution in [3.05, 3.63) is 128 Å². The molecule has 4 heterocycles. The Labute approximate surface area is 356 Å². The number of carbonyl (C=O) groups is 2. The molecule has 2 aliphatic heterocycles. The van der Waals surface area contributed by atoms with E-state index in [0.29, 0.717) is 18.8 Å². The van der Waals surface area contributed by atoms with Crippen LogP contribution >= 0.6 is 35.6 Å². The number of hydrogen-bond donors (Lipinski definition) is 3. The van der Waals surface area contributed by atoms with E-state index in [1.807, 2.05) is 25.3 Å².